The van der Waals surface area contributed by atoms with Crippen LogP contribution in [0.2, 0.25) is 0 Å². The number of aliphatic hydroxyl groups is 1. The molecular weight excluding hydrogens is 396 g/mol. The molecule has 22 heavy (non-hydrogen) atoms. The third-order valence-corrected chi connectivity index (χ3v) is 3.82. The summed E-state index contributed by atoms with van der Waals surface area (Å²) in [5.41, 5.74) is 5.03. The van der Waals surface area contributed by atoms with E-state index < -0.39 is 20.8 Å². The summed E-state index contributed by atoms with van der Waals surface area (Å²) in [6.45, 7) is 0.674. The molecule has 1 N–H and O–H groups in total. The van der Waals surface area contributed by atoms with E-state index in [1.165, 1.54) is 22.3 Å². The molecule has 0 aromatic heterocycles. The van der Waals surface area contributed by atoms with E-state index in [4.69, 9.17) is 17.0 Å². The van der Waals surface area contributed by atoms with E-state index in [-0.39, 0.29) is 12.0 Å². The van der Waals surface area contributed by atoms with E-state index in [9.17, 15) is 5.11 Å². The Morgan fingerprint density at radius 3 is 1.82 bits per heavy atom. The fourth-order valence-electron chi connectivity index (χ4n) is 3.09. The van der Waals surface area contributed by atoms with Gasteiger partial charge in [-0.25, -0.2) is 0 Å². The topological polar surface area (TPSA) is 23.5 Å². The Labute approximate surface area is 150 Å². The number of likely N-dealkylation sites (N-methyl/N-ethyl adjacent to an activating group) is 1. The van der Waals surface area contributed by atoms with E-state index in [0.29, 0.717) is 6.54 Å². The molecular formula is C17H19Cl2NOZr. The van der Waals surface area contributed by atoms with Crippen LogP contribution in [0.25, 0.3) is 11.1 Å². The first kappa shape index (κ1) is 18.2. The van der Waals surface area contributed by atoms with Crippen molar-refractivity contribution in [2.75, 3.05) is 20.6 Å². The molecule has 0 saturated carbocycles. The maximum atomic E-state index is 10.6. The standard InChI is InChI=1S/C17H19NO.2ClH.Zr/c1-18(2)11-16(19)17-14-9-5-3-7-12(14)13-8-4-6-10-15(13)17;;;/h3-10,16-17,19H,11H2,1-2H3;2*1H;/q;;;+2/p-2. The third-order valence-electron chi connectivity index (χ3n) is 3.82. The van der Waals surface area contributed by atoms with Gasteiger partial charge in [0.05, 0.1) is 6.10 Å². The van der Waals surface area contributed by atoms with Crippen molar-refractivity contribution in [1.82, 2.24) is 4.90 Å². The summed E-state index contributed by atoms with van der Waals surface area (Å²) in [6.07, 6.45) is -0.375. The Balaban J connectivity index is 0.000000545. The zero-order chi connectivity index (χ0) is 16.1. The molecule has 0 bridgehead atoms. The summed E-state index contributed by atoms with van der Waals surface area (Å²) in [7, 11) is 13.9. The summed E-state index contributed by atoms with van der Waals surface area (Å²) in [5, 5.41) is 10.6. The fourth-order valence-corrected chi connectivity index (χ4v) is 3.09. The van der Waals surface area contributed by atoms with Gasteiger partial charge in [0, 0.05) is 12.5 Å². The van der Waals surface area contributed by atoms with E-state index in [2.05, 4.69) is 48.5 Å². The van der Waals surface area contributed by atoms with Crippen LogP contribution in [0.3, 0.4) is 0 Å². The summed E-state index contributed by atoms with van der Waals surface area (Å²) >= 11 is -0.826. The molecule has 2 aromatic rings. The van der Waals surface area contributed by atoms with Gasteiger partial charge >= 0.3 is 37.9 Å². The van der Waals surface area contributed by atoms with Crippen molar-refractivity contribution in [3.8, 4) is 11.1 Å². The summed E-state index contributed by atoms with van der Waals surface area (Å²) in [6, 6.07) is 16.8. The predicted molar refractivity (Wildman–Crippen MR) is 90.0 cm³/mol. The van der Waals surface area contributed by atoms with Gasteiger partial charge in [0.15, 0.2) is 0 Å². The van der Waals surface area contributed by atoms with Gasteiger partial charge < -0.3 is 10.0 Å². The molecule has 116 valence electrons. The first-order chi connectivity index (χ1) is 10.6. The fraction of sp³-hybridized carbons (Fsp3) is 0.294. The van der Waals surface area contributed by atoms with Crippen LogP contribution < -0.4 is 0 Å². The molecule has 3 rings (SSSR count). The molecule has 0 spiro atoms. The second-order valence-corrected chi connectivity index (χ2v) is 9.28. The van der Waals surface area contributed by atoms with E-state index in [1.54, 1.807) is 0 Å². The van der Waals surface area contributed by atoms with Crippen LogP contribution in [0.15, 0.2) is 48.5 Å². The van der Waals surface area contributed by atoms with Crippen molar-refractivity contribution in [1.29, 1.82) is 0 Å². The Bertz CT molecular complexity index is 576. The van der Waals surface area contributed by atoms with Crippen molar-refractivity contribution < 1.29 is 26.0 Å². The maximum absolute atomic E-state index is 10.6. The zero-order valence-electron chi connectivity index (χ0n) is 12.6. The van der Waals surface area contributed by atoms with Crippen LogP contribution in [0.5, 0.6) is 0 Å². The van der Waals surface area contributed by atoms with Crippen molar-refractivity contribution in [2.45, 2.75) is 12.0 Å². The molecule has 0 heterocycles. The van der Waals surface area contributed by atoms with Crippen molar-refractivity contribution in [3.63, 3.8) is 0 Å². The molecule has 1 aliphatic carbocycles. The van der Waals surface area contributed by atoms with Gasteiger partial charge in [-0.3, -0.25) is 0 Å². The van der Waals surface area contributed by atoms with Gasteiger partial charge in [-0.2, -0.15) is 0 Å². The van der Waals surface area contributed by atoms with Gasteiger partial charge in [0.1, 0.15) is 0 Å². The molecule has 0 aliphatic heterocycles. The quantitative estimate of drug-likeness (QED) is 0.816. The summed E-state index contributed by atoms with van der Waals surface area (Å²) in [5.74, 6) is 0.0924. The van der Waals surface area contributed by atoms with Gasteiger partial charge in [-0.15, -0.1) is 0 Å². The van der Waals surface area contributed by atoms with E-state index >= 15 is 0 Å². The van der Waals surface area contributed by atoms with Gasteiger partial charge in [0.2, 0.25) is 0 Å². The van der Waals surface area contributed by atoms with Gasteiger partial charge in [-0.1, -0.05) is 48.5 Å². The number of aliphatic hydroxyl groups excluding tert-OH is 1. The van der Waals surface area contributed by atoms with Crippen molar-refractivity contribution >= 4 is 17.0 Å². The first-order valence-corrected chi connectivity index (χ1v) is 13.4. The van der Waals surface area contributed by atoms with Crippen LogP contribution in [0.4, 0.5) is 0 Å². The normalized spacial score (nSPS) is 13.9. The molecule has 0 fully saturated rings. The number of halogens is 2. The number of nitrogens with zero attached hydrogens (tertiary/aromatic N) is 1. The Kier molecular flexibility index (Phi) is 7.11. The van der Waals surface area contributed by atoms with Gasteiger partial charge in [-0.05, 0) is 36.3 Å². The number of rotatable bonds is 3. The SMILES string of the molecule is CN(C)CC(O)C1c2ccccc2-c2ccccc21.[Cl][Zr][Cl]. The molecule has 1 atom stereocenters. The predicted octanol–water partition coefficient (Wildman–Crippen LogP) is 4.10. The Hall–Kier alpha value is -0.177. The molecule has 5 heteroatoms. The monoisotopic (exact) mass is 413 g/mol. The minimum atomic E-state index is -0.826. The average Bonchev–Trinajstić information content (AvgIpc) is 2.82. The summed E-state index contributed by atoms with van der Waals surface area (Å²) in [4.78, 5) is 2.04. The van der Waals surface area contributed by atoms with Crippen LogP contribution >= 0.6 is 17.0 Å². The van der Waals surface area contributed by atoms with E-state index in [1.807, 2.05) is 19.0 Å². The first-order valence-electron chi connectivity index (χ1n) is 7.07. The molecule has 2 aromatic carbocycles. The molecule has 0 amide bonds. The summed E-state index contributed by atoms with van der Waals surface area (Å²) < 4.78 is 0. The van der Waals surface area contributed by atoms with Crippen molar-refractivity contribution in [3.05, 3.63) is 59.7 Å². The number of fused-ring (bicyclic) bond motifs is 3. The number of hydrogen-bond donors (Lipinski definition) is 1. The molecule has 0 saturated heterocycles. The van der Waals surface area contributed by atoms with Crippen LogP contribution in [-0.2, 0) is 20.8 Å². The van der Waals surface area contributed by atoms with E-state index in [0.717, 1.165) is 0 Å². The third kappa shape index (κ3) is 4.02. The Morgan fingerprint density at radius 2 is 1.41 bits per heavy atom. The molecule has 0 radical (unpaired) electrons. The molecule has 1 aliphatic rings. The molecule has 2 nitrogen and oxygen atoms in total. The van der Waals surface area contributed by atoms with Crippen LogP contribution in [0.1, 0.15) is 17.0 Å². The van der Waals surface area contributed by atoms with Crippen molar-refractivity contribution in [2.24, 2.45) is 0 Å². The van der Waals surface area contributed by atoms with Crippen LogP contribution in [-0.4, -0.2) is 36.8 Å². The Morgan fingerprint density at radius 1 is 1.00 bits per heavy atom. The number of hydrogen-bond acceptors (Lipinski definition) is 2. The average molecular weight is 415 g/mol. The minimum absolute atomic E-state index is 0.0924. The molecule has 1 unspecified atom stereocenters. The second-order valence-electron chi connectivity index (χ2n) is 5.55. The van der Waals surface area contributed by atoms with Gasteiger partial charge in [0.25, 0.3) is 0 Å². The number of benzene rings is 2. The zero-order valence-corrected chi connectivity index (χ0v) is 16.6. The second kappa shape index (κ2) is 8.61. The van der Waals surface area contributed by atoms with Crippen LogP contribution in [0, 0.1) is 0 Å².